The average Bonchev–Trinajstić information content (AvgIpc) is 2.83. The number of carbonyl (C=O) groups is 1. The molecule has 0 spiro atoms. The van der Waals surface area contributed by atoms with Crippen LogP contribution >= 0.6 is 0 Å². The number of quaternary nitrogens is 1. The molecule has 3 heterocycles. The number of fused-ring (bicyclic) bond motifs is 1. The molecular weight excluding hydrogens is 524 g/mol. The van der Waals surface area contributed by atoms with Crippen LogP contribution in [-0.4, -0.2) is 46.0 Å². The third kappa shape index (κ3) is 4.19. The van der Waals surface area contributed by atoms with Crippen LogP contribution in [0.1, 0.15) is 75.5 Å². The van der Waals surface area contributed by atoms with Gasteiger partial charge in [-0.25, -0.2) is 0 Å². The van der Waals surface area contributed by atoms with Gasteiger partial charge in [0.25, 0.3) is 0 Å². The van der Waals surface area contributed by atoms with E-state index in [1.807, 2.05) is 0 Å². The largest absolute Gasteiger partial charge is 0.490 e. The van der Waals surface area contributed by atoms with Gasteiger partial charge in [0.1, 0.15) is 23.4 Å². The van der Waals surface area contributed by atoms with Crippen LogP contribution in [-0.2, 0) is 11.0 Å². The van der Waals surface area contributed by atoms with Gasteiger partial charge in [0.05, 0.1) is 42.9 Å². The SMILES string of the molecule is C[C@H](c1ccc2c(C(F)(F)F)c(OC3CCC(C(F)(F)F)CC3)ccc2c1)[N+]12C3CC(C(=O)O)CC1CC2C3. The smallest absolute Gasteiger partial charge is 0.420 e. The van der Waals surface area contributed by atoms with Crippen molar-refractivity contribution in [2.75, 3.05) is 0 Å². The molecule has 10 heteroatoms. The molecule has 6 rings (SSSR count). The second kappa shape index (κ2) is 9.01. The van der Waals surface area contributed by atoms with Crippen molar-refractivity contribution in [3.63, 3.8) is 0 Å². The van der Waals surface area contributed by atoms with Gasteiger partial charge >= 0.3 is 18.3 Å². The molecule has 4 fully saturated rings. The predicted octanol–water partition coefficient (Wildman–Crippen LogP) is 7.64. The lowest BCUT2D eigenvalue weighted by Gasteiger charge is -2.74. The molecule has 0 amide bonds. The molecular formula is C29H32F6NO3+. The van der Waals surface area contributed by atoms with Crippen molar-refractivity contribution in [2.24, 2.45) is 11.8 Å². The first-order chi connectivity index (χ1) is 18.3. The van der Waals surface area contributed by atoms with Crippen LogP contribution in [0, 0.1) is 11.8 Å². The van der Waals surface area contributed by atoms with Gasteiger partial charge in [-0.3, -0.25) is 4.79 Å². The van der Waals surface area contributed by atoms with Crippen LogP contribution < -0.4 is 4.74 Å². The van der Waals surface area contributed by atoms with E-state index in [2.05, 4.69) is 6.92 Å². The van der Waals surface area contributed by atoms with Crippen molar-refractivity contribution >= 4 is 16.7 Å². The Kier molecular flexibility index (Phi) is 6.17. The highest BCUT2D eigenvalue weighted by Crippen LogP contribution is 2.62. The Balaban J connectivity index is 1.27. The van der Waals surface area contributed by atoms with Crippen LogP contribution in [0.25, 0.3) is 10.8 Å². The van der Waals surface area contributed by atoms with Gasteiger partial charge in [-0.05, 0) is 55.5 Å². The summed E-state index contributed by atoms with van der Waals surface area (Å²) in [6, 6.07) is 8.98. The van der Waals surface area contributed by atoms with E-state index in [1.165, 1.54) is 12.1 Å². The molecule has 0 aromatic heterocycles. The van der Waals surface area contributed by atoms with E-state index in [9.17, 15) is 36.2 Å². The molecule has 2 unspecified atom stereocenters. The van der Waals surface area contributed by atoms with Crippen molar-refractivity contribution in [3.05, 3.63) is 41.5 Å². The fourth-order valence-electron chi connectivity index (χ4n) is 8.46. The summed E-state index contributed by atoms with van der Waals surface area (Å²) in [7, 11) is 0. The summed E-state index contributed by atoms with van der Waals surface area (Å²) in [6.45, 7) is 2.10. The first-order valence-electron chi connectivity index (χ1n) is 13.8. The fourth-order valence-corrected chi connectivity index (χ4v) is 8.46. The Morgan fingerprint density at radius 1 is 0.923 bits per heavy atom. The highest BCUT2D eigenvalue weighted by molar-refractivity contribution is 5.89. The van der Waals surface area contributed by atoms with Crippen LogP contribution in [0.3, 0.4) is 0 Å². The first-order valence-corrected chi connectivity index (χ1v) is 13.8. The number of rotatable bonds is 5. The molecule has 1 N–H and O–H groups in total. The van der Waals surface area contributed by atoms with E-state index >= 15 is 0 Å². The third-order valence-electron chi connectivity index (χ3n) is 10.3. The Bertz CT molecular complexity index is 1270. The molecule has 39 heavy (non-hydrogen) atoms. The van der Waals surface area contributed by atoms with Gasteiger partial charge in [0.2, 0.25) is 0 Å². The van der Waals surface area contributed by atoms with Crippen LogP contribution in [0.4, 0.5) is 26.3 Å². The minimum absolute atomic E-state index is 0.00910. The maximum absolute atomic E-state index is 14.3. The summed E-state index contributed by atoms with van der Waals surface area (Å²) in [5.74, 6) is -2.84. The summed E-state index contributed by atoms with van der Waals surface area (Å²) >= 11 is 0. The Labute approximate surface area is 222 Å². The van der Waals surface area contributed by atoms with Crippen LogP contribution in [0.2, 0.25) is 0 Å². The summed E-state index contributed by atoms with van der Waals surface area (Å²) in [6.07, 6.45) is -6.59. The lowest BCUT2D eigenvalue weighted by Crippen LogP contribution is -2.85. The van der Waals surface area contributed by atoms with Gasteiger partial charge in [0, 0.05) is 18.4 Å². The standard InChI is InChI=1S/C29H31F6NO3/c1-15(36-20-11-18(27(37)38)12-21(36)14-22(36)13-20)16-2-8-24-17(10-16)3-9-25(26(24)29(33,34)35)39-23-6-4-19(5-7-23)28(30,31)32/h2-3,8-10,15,18-23H,4-7,11-14H2,1H3/p+1/t15-,18?,19?,20?,21?,22?,23?,36?/m1/s1. The lowest BCUT2D eigenvalue weighted by molar-refractivity contribution is -1.10. The number of nitrogens with zero attached hydrogens (tertiary/aromatic N) is 1. The summed E-state index contributed by atoms with van der Waals surface area (Å²) < 4.78 is 88.5. The Morgan fingerprint density at radius 2 is 1.54 bits per heavy atom. The van der Waals surface area contributed by atoms with Crippen molar-refractivity contribution in [3.8, 4) is 5.75 Å². The maximum Gasteiger partial charge on any atom is 0.420 e. The number of hydrogen-bond donors (Lipinski definition) is 1. The van der Waals surface area contributed by atoms with E-state index in [-0.39, 0.29) is 60.9 Å². The Morgan fingerprint density at radius 3 is 2.08 bits per heavy atom. The van der Waals surface area contributed by atoms with E-state index in [0.717, 1.165) is 22.9 Å². The van der Waals surface area contributed by atoms with Crippen molar-refractivity contribution in [1.82, 2.24) is 0 Å². The van der Waals surface area contributed by atoms with Crippen molar-refractivity contribution in [2.45, 2.75) is 101 Å². The van der Waals surface area contributed by atoms with Crippen molar-refractivity contribution < 1.29 is 45.5 Å². The molecule has 0 bridgehead atoms. The van der Waals surface area contributed by atoms with Crippen LogP contribution in [0.5, 0.6) is 5.75 Å². The number of hydrogen-bond acceptors (Lipinski definition) is 2. The minimum Gasteiger partial charge on any atom is -0.490 e. The highest BCUT2D eigenvalue weighted by Gasteiger charge is 2.72. The number of carboxylic acid groups (broad SMARTS) is 1. The second-order valence-corrected chi connectivity index (χ2v) is 12.1. The molecule has 3 saturated heterocycles. The number of alkyl halides is 6. The zero-order valence-electron chi connectivity index (χ0n) is 21.6. The fraction of sp³-hybridized carbons (Fsp3) is 0.621. The number of halogens is 6. The lowest BCUT2D eigenvalue weighted by atomic mass is 9.61. The average molecular weight is 557 g/mol. The van der Waals surface area contributed by atoms with Crippen LogP contribution in [0.15, 0.2) is 30.3 Å². The number of ether oxygens (including phenoxy) is 1. The molecule has 3 atom stereocenters. The second-order valence-electron chi connectivity index (χ2n) is 12.1. The van der Waals surface area contributed by atoms with Gasteiger partial charge in [-0.2, -0.15) is 26.3 Å². The summed E-state index contributed by atoms with van der Waals surface area (Å²) in [5.41, 5.74) is 0.0408. The number of benzene rings is 2. The number of piperidine rings is 2. The van der Waals surface area contributed by atoms with E-state index in [0.29, 0.717) is 24.3 Å². The third-order valence-corrected chi connectivity index (χ3v) is 10.3. The predicted molar refractivity (Wildman–Crippen MR) is 131 cm³/mol. The first kappa shape index (κ1) is 26.7. The number of aliphatic carboxylic acids is 1. The molecule has 1 saturated carbocycles. The monoisotopic (exact) mass is 556 g/mol. The number of carboxylic acids is 1. The van der Waals surface area contributed by atoms with E-state index in [1.54, 1.807) is 18.2 Å². The zero-order valence-corrected chi connectivity index (χ0v) is 21.6. The van der Waals surface area contributed by atoms with Gasteiger partial charge in [0.15, 0.2) is 0 Å². The van der Waals surface area contributed by atoms with Crippen molar-refractivity contribution in [1.29, 1.82) is 0 Å². The molecule has 4 nitrogen and oxygen atoms in total. The zero-order chi connectivity index (χ0) is 27.9. The van der Waals surface area contributed by atoms with Gasteiger partial charge < -0.3 is 14.3 Å². The highest BCUT2D eigenvalue weighted by atomic mass is 19.4. The minimum atomic E-state index is -4.70. The molecule has 1 aliphatic carbocycles. The summed E-state index contributed by atoms with van der Waals surface area (Å²) in [5, 5.41) is 10.0. The normalized spacial score (nSPS) is 34.9. The molecule has 212 valence electrons. The van der Waals surface area contributed by atoms with E-state index in [4.69, 9.17) is 4.74 Å². The summed E-state index contributed by atoms with van der Waals surface area (Å²) in [4.78, 5) is 11.7. The molecule has 0 radical (unpaired) electrons. The Hall–Kier alpha value is -2.49. The molecule has 2 aromatic rings. The molecule has 2 aromatic carbocycles. The van der Waals surface area contributed by atoms with Gasteiger partial charge in [-0.1, -0.05) is 18.2 Å². The topological polar surface area (TPSA) is 46.5 Å². The molecule has 4 aliphatic rings. The maximum atomic E-state index is 14.3. The quantitative estimate of drug-likeness (QED) is 0.304. The van der Waals surface area contributed by atoms with Gasteiger partial charge in [-0.15, -0.1) is 0 Å². The van der Waals surface area contributed by atoms with E-state index < -0.39 is 35.9 Å². The molecule has 3 aliphatic heterocycles.